The number of aliphatic carboxylic acids is 1. The quantitative estimate of drug-likeness (QED) is 0.573. The van der Waals surface area contributed by atoms with E-state index in [-0.39, 0.29) is 24.7 Å². The second kappa shape index (κ2) is 10.0. The third-order valence-electron chi connectivity index (χ3n) is 4.69. The average Bonchev–Trinajstić information content (AvgIpc) is 2.61. The summed E-state index contributed by atoms with van der Waals surface area (Å²) in [5, 5.41) is 14.7. The molecule has 1 saturated carbocycles. The number of carbonyl (C=O) groups is 2. The van der Waals surface area contributed by atoms with Crippen LogP contribution in [-0.2, 0) is 11.3 Å². The molecule has 0 spiro atoms. The molecule has 0 aliphatic heterocycles. The Hall–Kier alpha value is -2.48. The molecule has 1 aromatic rings. The molecule has 0 unspecified atom stereocenters. The number of nitrogens with one attached hydrogen (secondary N) is 2. The SMILES string of the molecule is CCOc1cc(CNC(=O)NC2CC(N(CC)CC(=O)O)C2)ccc1OC. The van der Waals surface area contributed by atoms with Crippen molar-refractivity contribution in [3.05, 3.63) is 23.8 Å². The van der Waals surface area contributed by atoms with Gasteiger partial charge >= 0.3 is 12.0 Å². The number of carboxylic acids is 1. The minimum absolute atomic E-state index is 0.0414. The van der Waals surface area contributed by atoms with E-state index < -0.39 is 5.97 Å². The first-order chi connectivity index (χ1) is 13.0. The van der Waals surface area contributed by atoms with E-state index >= 15 is 0 Å². The van der Waals surface area contributed by atoms with Crippen molar-refractivity contribution >= 4 is 12.0 Å². The highest BCUT2D eigenvalue weighted by Gasteiger charge is 2.34. The number of carboxylic acid groups (broad SMARTS) is 1. The lowest BCUT2D eigenvalue weighted by molar-refractivity contribution is -0.139. The van der Waals surface area contributed by atoms with Gasteiger partial charge in [-0.25, -0.2) is 4.79 Å². The standard InChI is InChI=1S/C19H29N3O5/c1-4-22(12-18(23)24)15-9-14(10-15)21-19(25)20-11-13-6-7-16(26-3)17(8-13)27-5-2/h6-8,14-15H,4-5,9-12H2,1-3H3,(H,23,24)(H2,20,21,25). The number of urea groups is 1. The van der Waals surface area contributed by atoms with Crippen molar-refractivity contribution in [2.24, 2.45) is 0 Å². The van der Waals surface area contributed by atoms with Crippen LogP contribution < -0.4 is 20.1 Å². The van der Waals surface area contributed by atoms with Crippen LogP contribution in [0.1, 0.15) is 32.3 Å². The lowest BCUT2D eigenvalue weighted by atomic mass is 9.85. The smallest absolute Gasteiger partial charge is 0.317 e. The van der Waals surface area contributed by atoms with Crippen molar-refractivity contribution in [2.45, 2.75) is 45.3 Å². The van der Waals surface area contributed by atoms with E-state index in [1.165, 1.54) is 0 Å². The number of methoxy groups -OCH3 is 1. The topological polar surface area (TPSA) is 100 Å². The zero-order valence-electron chi connectivity index (χ0n) is 16.2. The van der Waals surface area contributed by atoms with E-state index in [0.717, 1.165) is 18.4 Å². The van der Waals surface area contributed by atoms with Crippen LogP contribution in [-0.4, -0.2) is 60.9 Å². The first kappa shape index (κ1) is 20.8. The Labute approximate surface area is 159 Å². The molecule has 0 saturated heterocycles. The van der Waals surface area contributed by atoms with Gasteiger partial charge in [0.1, 0.15) is 0 Å². The second-order valence-electron chi connectivity index (χ2n) is 6.52. The molecule has 0 radical (unpaired) electrons. The number of amides is 2. The summed E-state index contributed by atoms with van der Waals surface area (Å²) in [5.41, 5.74) is 0.916. The summed E-state index contributed by atoms with van der Waals surface area (Å²) in [6.45, 7) is 5.50. The minimum Gasteiger partial charge on any atom is -0.493 e. The lowest BCUT2D eigenvalue weighted by Crippen LogP contribution is -2.56. The van der Waals surface area contributed by atoms with Crippen LogP contribution in [0.3, 0.4) is 0 Å². The zero-order chi connectivity index (χ0) is 19.8. The van der Waals surface area contributed by atoms with Gasteiger partial charge in [0.05, 0.1) is 20.3 Å². The van der Waals surface area contributed by atoms with E-state index in [2.05, 4.69) is 10.6 Å². The molecule has 27 heavy (non-hydrogen) atoms. The Kier molecular flexibility index (Phi) is 7.72. The molecule has 8 heteroatoms. The fraction of sp³-hybridized carbons (Fsp3) is 0.579. The molecule has 0 aromatic heterocycles. The fourth-order valence-electron chi connectivity index (χ4n) is 3.19. The third-order valence-corrected chi connectivity index (χ3v) is 4.69. The van der Waals surface area contributed by atoms with E-state index in [9.17, 15) is 9.59 Å². The van der Waals surface area contributed by atoms with E-state index in [1.807, 2.05) is 36.9 Å². The van der Waals surface area contributed by atoms with Gasteiger partial charge in [-0.1, -0.05) is 13.0 Å². The summed E-state index contributed by atoms with van der Waals surface area (Å²) in [5.74, 6) is 0.490. The number of hydrogen-bond donors (Lipinski definition) is 3. The Morgan fingerprint density at radius 2 is 2.00 bits per heavy atom. The average molecular weight is 379 g/mol. The fourth-order valence-corrected chi connectivity index (χ4v) is 3.19. The summed E-state index contributed by atoms with van der Waals surface area (Å²) in [6, 6.07) is 5.62. The summed E-state index contributed by atoms with van der Waals surface area (Å²) in [4.78, 5) is 24.9. The van der Waals surface area contributed by atoms with Gasteiger partial charge in [-0.3, -0.25) is 9.69 Å². The number of rotatable bonds is 10. The number of ether oxygens (including phenoxy) is 2. The Balaban J connectivity index is 1.76. The number of hydrogen-bond acceptors (Lipinski definition) is 5. The molecule has 8 nitrogen and oxygen atoms in total. The number of benzene rings is 1. The molecule has 1 fully saturated rings. The minimum atomic E-state index is -0.822. The maximum Gasteiger partial charge on any atom is 0.317 e. The van der Waals surface area contributed by atoms with Crippen molar-refractivity contribution in [1.82, 2.24) is 15.5 Å². The number of nitrogens with zero attached hydrogens (tertiary/aromatic N) is 1. The molecule has 0 bridgehead atoms. The highest BCUT2D eigenvalue weighted by atomic mass is 16.5. The monoisotopic (exact) mass is 379 g/mol. The molecule has 0 heterocycles. The summed E-state index contributed by atoms with van der Waals surface area (Å²) in [6.07, 6.45) is 1.54. The molecule has 1 aliphatic rings. The summed E-state index contributed by atoms with van der Waals surface area (Å²) in [7, 11) is 1.59. The van der Waals surface area contributed by atoms with Gasteiger partial charge in [-0.2, -0.15) is 0 Å². The van der Waals surface area contributed by atoms with Crippen molar-refractivity contribution < 1.29 is 24.2 Å². The third kappa shape index (κ3) is 6.02. The Bertz CT molecular complexity index is 646. The van der Waals surface area contributed by atoms with Gasteiger partial charge in [0, 0.05) is 18.6 Å². The van der Waals surface area contributed by atoms with Gasteiger partial charge in [0.2, 0.25) is 0 Å². The molecule has 2 rings (SSSR count). The Morgan fingerprint density at radius 1 is 1.26 bits per heavy atom. The maximum atomic E-state index is 12.1. The molecule has 1 aliphatic carbocycles. The highest BCUT2D eigenvalue weighted by molar-refractivity contribution is 5.74. The van der Waals surface area contributed by atoms with Gasteiger partial charge in [-0.05, 0) is 44.0 Å². The van der Waals surface area contributed by atoms with Crippen LogP contribution in [0.2, 0.25) is 0 Å². The summed E-state index contributed by atoms with van der Waals surface area (Å²) >= 11 is 0. The van der Waals surface area contributed by atoms with Crippen LogP contribution in [0, 0.1) is 0 Å². The molecular formula is C19H29N3O5. The van der Waals surface area contributed by atoms with Gasteiger partial charge in [0.25, 0.3) is 0 Å². The molecular weight excluding hydrogens is 350 g/mol. The van der Waals surface area contributed by atoms with Gasteiger partial charge in [-0.15, -0.1) is 0 Å². The van der Waals surface area contributed by atoms with E-state index in [1.54, 1.807) is 7.11 Å². The molecule has 2 amide bonds. The lowest BCUT2D eigenvalue weighted by Gasteiger charge is -2.42. The molecule has 0 atom stereocenters. The molecule has 3 N–H and O–H groups in total. The highest BCUT2D eigenvalue weighted by Crippen LogP contribution is 2.28. The normalized spacial score (nSPS) is 18.5. The van der Waals surface area contributed by atoms with Gasteiger partial charge < -0.3 is 25.2 Å². The van der Waals surface area contributed by atoms with Crippen molar-refractivity contribution in [3.8, 4) is 11.5 Å². The van der Waals surface area contributed by atoms with Crippen molar-refractivity contribution in [2.75, 3.05) is 26.8 Å². The van der Waals surface area contributed by atoms with E-state index in [0.29, 0.717) is 31.2 Å². The van der Waals surface area contributed by atoms with Crippen molar-refractivity contribution in [1.29, 1.82) is 0 Å². The number of carbonyl (C=O) groups excluding carboxylic acids is 1. The van der Waals surface area contributed by atoms with Gasteiger partial charge in [0.15, 0.2) is 11.5 Å². The Morgan fingerprint density at radius 3 is 2.59 bits per heavy atom. The van der Waals surface area contributed by atoms with Crippen LogP contribution >= 0.6 is 0 Å². The molecule has 150 valence electrons. The maximum absolute atomic E-state index is 12.1. The zero-order valence-corrected chi connectivity index (χ0v) is 16.2. The predicted molar refractivity (Wildman–Crippen MR) is 101 cm³/mol. The van der Waals surface area contributed by atoms with E-state index in [4.69, 9.17) is 14.6 Å². The molecule has 1 aromatic carbocycles. The van der Waals surface area contributed by atoms with Crippen LogP contribution in [0.5, 0.6) is 11.5 Å². The first-order valence-electron chi connectivity index (χ1n) is 9.26. The number of likely N-dealkylation sites (N-methyl/N-ethyl adjacent to an activating group) is 1. The predicted octanol–water partition coefficient (Wildman–Crippen LogP) is 1.83. The first-order valence-corrected chi connectivity index (χ1v) is 9.26. The second-order valence-corrected chi connectivity index (χ2v) is 6.52. The van der Waals surface area contributed by atoms with Crippen LogP contribution in [0.4, 0.5) is 4.79 Å². The summed E-state index contributed by atoms with van der Waals surface area (Å²) < 4.78 is 10.8. The van der Waals surface area contributed by atoms with Crippen LogP contribution in [0.15, 0.2) is 18.2 Å². The largest absolute Gasteiger partial charge is 0.493 e. The van der Waals surface area contributed by atoms with Crippen molar-refractivity contribution in [3.63, 3.8) is 0 Å². The van der Waals surface area contributed by atoms with Crippen LogP contribution in [0.25, 0.3) is 0 Å².